The van der Waals surface area contributed by atoms with Gasteiger partial charge in [0.05, 0.1) is 6.61 Å². The van der Waals surface area contributed by atoms with E-state index in [0.717, 1.165) is 12.8 Å². The van der Waals surface area contributed by atoms with Crippen LogP contribution in [0.2, 0.25) is 0 Å². The van der Waals surface area contributed by atoms with Crippen LogP contribution in [0.4, 0.5) is 0 Å². The summed E-state index contributed by atoms with van der Waals surface area (Å²) in [6, 6.07) is 3.54. The van der Waals surface area contributed by atoms with Crippen molar-refractivity contribution in [3.05, 3.63) is 23.9 Å². The lowest BCUT2D eigenvalue weighted by atomic mass is 10.1. The molecule has 5 heteroatoms. The Morgan fingerprint density at radius 3 is 2.04 bits per heavy atom. The highest BCUT2D eigenvalue weighted by atomic mass is 16.5. The first-order valence-corrected chi connectivity index (χ1v) is 9.68. The Balaban J connectivity index is 3.60. The molecule has 0 heterocycles. The van der Waals surface area contributed by atoms with Gasteiger partial charge in [-0.2, -0.15) is 10.5 Å². The number of ether oxygens (including phenoxy) is 1. The van der Waals surface area contributed by atoms with E-state index < -0.39 is 0 Å². The van der Waals surface area contributed by atoms with Crippen molar-refractivity contribution >= 4 is 5.97 Å². The third-order valence-corrected chi connectivity index (χ3v) is 3.98. The highest BCUT2D eigenvalue weighted by Crippen LogP contribution is 2.10. The molecule has 0 bridgehead atoms. The molecular formula is C21H33N3O2. The summed E-state index contributed by atoms with van der Waals surface area (Å²) in [4.78, 5) is 13.4. The van der Waals surface area contributed by atoms with Gasteiger partial charge in [-0.3, -0.25) is 4.79 Å². The number of likely N-dealkylation sites (N-methyl/N-ethyl adjacent to an activating group) is 1. The molecule has 0 aromatic heterocycles. The summed E-state index contributed by atoms with van der Waals surface area (Å²) in [5, 5.41) is 17.2. The van der Waals surface area contributed by atoms with Crippen molar-refractivity contribution in [2.24, 2.45) is 0 Å². The topological polar surface area (TPSA) is 77.1 Å². The van der Waals surface area contributed by atoms with Gasteiger partial charge in [0, 0.05) is 7.05 Å². The van der Waals surface area contributed by atoms with Crippen molar-refractivity contribution in [2.45, 2.75) is 71.1 Å². The Kier molecular flexibility index (Phi) is 16.0. The molecule has 0 atom stereocenters. The van der Waals surface area contributed by atoms with Crippen LogP contribution in [0, 0.1) is 22.7 Å². The second kappa shape index (κ2) is 17.5. The summed E-state index contributed by atoms with van der Waals surface area (Å²) in [6.45, 7) is 2.86. The number of nitrogens with zero attached hydrogens (tertiary/aromatic N) is 3. The van der Waals surface area contributed by atoms with Crippen LogP contribution in [-0.2, 0) is 9.53 Å². The zero-order valence-corrected chi connectivity index (χ0v) is 16.4. The van der Waals surface area contributed by atoms with E-state index in [1.165, 1.54) is 57.4 Å². The molecule has 0 unspecified atom stereocenters. The highest BCUT2D eigenvalue weighted by Gasteiger charge is 2.04. The van der Waals surface area contributed by atoms with E-state index in [0.29, 0.717) is 6.61 Å². The smallest absolute Gasteiger partial charge is 0.325 e. The van der Waals surface area contributed by atoms with E-state index >= 15 is 0 Å². The Morgan fingerprint density at radius 1 is 0.962 bits per heavy atom. The first-order chi connectivity index (χ1) is 12.6. The third kappa shape index (κ3) is 15.3. The fourth-order valence-corrected chi connectivity index (χ4v) is 2.46. The lowest BCUT2D eigenvalue weighted by Gasteiger charge is -2.12. The standard InChI is InChI=1S/C21H33N3O2/c1-3-4-5-6-7-8-9-10-11-12-16-26-21(25)19-24(2)15-13-14-20(17-22)18-23/h13-15H,3-12,16,19H2,1-2H3. The number of carbonyl (C=O) groups is 1. The minimum atomic E-state index is -0.266. The molecule has 0 aromatic carbocycles. The number of hydrogen-bond acceptors (Lipinski definition) is 5. The molecule has 0 radical (unpaired) electrons. The highest BCUT2D eigenvalue weighted by molar-refractivity contribution is 5.71. The second-order valence-electron chi connectivity index (χ2n) is 6.46. The molecule has 26 heavy (non-hydrogen) atoms. The van der Waals surface area contributed by atoms with E-state index in [2.05, 4.69) is 6.92 Å². The maximum atomic E-state index is 11.7. The van der Waals surface area contributed by atoms with Crippen molar-refractivity contribution in [2.75, 3.05) is 20.2 Å². The maximum Gasteiger partial charge on any atom is 0.325 e. The molecule has 0 rings (SSSR count). The molecule has 0 aliphatic heterocycles. The number of hydrogen-bond donors (Lipinski definition) is 0. The number of esters is 1. The molecule has 5 nitrogen and oxygen atoms in total. The van der Waals surface area contributed by atoms with Crippen LogP contribution < -0.4 is 0 Å². The Hall–Kier alpha value is -2.27. The van der Waals surface area contributed by atoms with Crippen LogP contribution in [0.15, 0.2) is 23.9 Å². The number of carbonyl (C=O) groups excluding carboxylic acids is 1. The molecular weight excluding hydrogens is 326 g/mol. The van der Waals surface area contributed by atoms with E-state index in [9.17, 15) is 4.79 Å². The fourth-order valence-electron chi connectivity index (χ4n) is 2.46. The fraction of sp³-hybridized carbons (Fsp3) is 0.667. The average Bonchev–Trinajstić information content (AvgIpc) is 2.63. The van der Waals surface area contributed by atoms with Gasteiger partial charge in [-0.05, 0) is 24.8 Å². The summed E-state index contributed by atoms with van der Waals surface area (Å²) in [5.74, 6) is -0.266. The van der Waals surface area contributed by atoms with E-state index in [4.69, 9.17) is 15.3 Å². The van der Waals surface area contributed by atoms with Crippen LogP contribution in [0.3, 0.4) is 0 Å². The third-order valence-electron chi connectivity index (χ3n) is 3.98. The zero-order valence-electron chi connectivity index (χ0n) is 16.4. The van der Waals surface area contributed by atoms with E-state index in [1.54, 1.807) is 36.4 Å². The zero-order chi connectivity index (χ0) is 19.5. The molecule has 0 spiro atoms. The normalized spacial score (nSPS) is 10.2. The lowest BCUT2D eigenvalue weighted by Crippen LogP contribution is -2.23. The molecule has 0 N–H and O–H groups in total. The second-order valence-corrected chi connectivity index (χ2v) is 6.46. The largest absolute Gasteiger partial charge is 0.464 e. The lowest BCUT2D eigenvalue weighted by molar-refractivity contribution is -0.144. The van der Waals surface area contributed by atoms with Crippen molar-refractivity contribution in [1.29, 1.82) is 10.5 Å². The van der Waals surface area contributed by atoms with E-state index in [-0.39, 0.29) is 18.1 Å². The van der Waals surface area contributed by atoms with Gasteiger partial charge in [-0.15, -0.1) is 0 Å². The minimum Gasteiger partial charge on any atom is -0.464 e. The van der Waals surface area contributed by atoms with Crippen molar-refractivity contribution in [3.8, 4) is 12.1 Å². The monoisotopic (exact) mass is 359 g/mol. The van der Waals surface area contributed by atoms with Crippen molar-refractivity contribution < 1.29 is 9.53 Å². The first kappa shape index (κ1) is 23.7. The quantitative estimate of drug-likeness (QED) is 0.180. The average molecular weight is 360 g/mol. The summed E-state index contributed by atoms with van der Waals surface area (Å²) < 4.78 is 5.22. The summed E-state index contributed by atoms with van der Waals surface area (Å²) in [7, 11) is 1.74. The van der Waals surface area contributed by atoms with Crippen molar-refractivity contribution in [1.82, 2.24) is 4.90 Å². The van der Waals surface area contributed by atoms with Crippen LogP contribution in [0.1, 0.15) is 71.1 Å². The minimum absolute atomic E-state index is 0.0261. The van der Waals surface area contributed by atoms with Crippen LogP contribution in [0.5, 0.6) is 0 Å². The van der Waals surface area contributed by atoms with Gasteiger partial charge in [-0.1, -0.05) is 64.7 Å². The van der Waals surface area contributed by atoms with Gasteiger partial charge in [0.15, 0.2) is 0 Å². The predicted molar refractivity (Wildman–Crippen MR) is 104 cm³/mol. The van der Waals surface area contributed by atoms with Crippen LogP contribution in [-0.4, -0.2) is 31.1 Å². The van der Waals surface area contributed by atoms with Crippen LogP contribution in [0.25, 0.3) is 0 Å². The Bertz CT molecular complexity index is 496. The predicted octanol–water partition coefficient (Wildman–Crippen LogP) is 4.87. The number of nitriles is 2. The van der Waals surface area contributed by atoms with E-state index in [1.807, 2.05) is 0 Å². The first-order valence-electron chi connectivity index (χ1n) is 9.68. The molecule has 0 aromatic rings. The summed E-state index contributed by atoms with van der Waals surface area (Å²) in [6.07, 6.45) is 17.1. The van der Waals surface area contributed by atoms with Gasteiger partial charge < -0.3 is 9.64 Å². The Morgan fingerprint density at radius 2 is 1.50 bits per heavy atom. The molecule has 0 saturated carbocycles. The van der Waals surface area contributed by atoms with Gasteiger partial charge in [0.25, 0.3) is 0 Å². The van der Waals surface area contributed by atoms with Gasteiger partial charge in [0.1, 0.15) is 24.3 Å². The van der Waals surface area contributed by atoms with Gasteiger partial charge in [0.2, 0.25) is 0 Å². The molecule has 0 amide bonds. The molecule has 144 valence electrons. The molecule has 0 aliphatic rings. The molecule has 0 saturated heterocycles. The van der Waals surface area contributed by atoms with Crippen molar-refractivity contribution in [3.63, 3.8) is 0 Å². The molecule has 0 aliphatic carbocycles. The summed E-state index contributed by atoms with van der Waals surface area (Å²) in [5.41, 5.74) is 0.0261. The Labute approximate surface area is 158 Å². The van der Waals surface area contributed by atoms with Gasteiger partial charge in [-0.25, -0.2) is 0 Å². The number of unbranched alkanes of at least 4 members (excludes halogenated alkanes) is 9. The van der Waals surface area contributed by atoms with Gasteiger partial charge >= 0.3 is 5.97 Å². The number of rotatable bonds is 15. The summed E-state index contributed by atoms with van der Waals surface area (Å²) >= 11 is 0. The SMILES string of the molecule is CCCCCCCCCCCCOC(=O)CN(C)C=CC=C(C#N)C#N. The molecule has 0 fully saturated rings. The number of allylic oxidation sites excluding steroid dienone is 3. The maximum absolute atomic E-state index is 11.7. The van der Waals surface area contributed by atoms with Crippen LogP contribution >= 0.6 is 0 Å².